The summed E-state index contributed by atoms with van der Waals surface area (Å²) in [6.45, 7) is 5.06. The van der Waals surface area contributed by atoms with E-state index in [1.807, 2.05) is 0 Å². The maximum absolute atomic E-state index is 12.7. The Morgan fingerprint density at radius 1 is 1.07 bits per heavy atom. The van der Waals surface area contributed by atoms with Crippen molar-refractivity contribution in [3.63, 3.8) is 0 Å². The largest absolute Gasteiger partial charge is 1.00 e. The molecule has 0 aliphatic rings. The van der Waals surface area contributed by atoms with Crippen molar-refractivity contribution in [3.05, 3.63) is 74.5 Å². The molecular weight excluding hydrogens is 463 g/mol. The van der Waals surface area contributed by atoms with Gasteiger partial charge >= 0.3 is 18.9 Å². The third kappa shape index (κ3) is 15.8. The molecular formula is C19H19Cl4F2LiO3. The van der Waals surface area contributed by atoms with Gasteiger partial charge in [0.2, 0.25) is 0 Å². The quantitative estimate of drug-likeness (QED) is 0.312. The summed E-state index contributed by atoms with van der Waals surface area (Å²) in [6, 6.07) is 6.26. The Morgan fingerprint density at radius 3 is 1.86 bits per heavy atom. The van der Waals surface area contributed by atoms with E-state index in [1.165, 1.54) is 30.7 Å². The first kappa shape index (κ1) is 28.4. The number of aliphatic hydroxyl groups excluding tert-OH is 1. The predicted molar refractivity (Wildman–Crippen MR) is 112 cm³/mol. The van der Waals surface area contributed by atoms with Crippen LogP contribution in [0.25, 0.3) is 0 Å². The number of benzene rings is 2. The van der Waals surface area contributed by atoms with Crippen LogP contribution in [0.1, 0.15) is 32.9 Å². The zero-order valence-electron chi connectivity index (χ0n) is 17.7. The summed E-state index contributed by atoms with van der Waals surface area (Å²) in [5, 5.41) is 7.70. The number of carbonyl (C=O) groups excluding carboxylic acids is 2. The van der Waals surface area contributed by atoms with Crippen molar-refractivity contribution < 1.29 is 45.1 Å². The van der Waals surface area contributed by atoms with Gasteiger partial charge in [-0.3, -0.25) is 4.79 Å². The summed E-state index contributed by atoms with van der Waals surface area (Å²) < 4.78 is 37.7. The number of rotatable bonds is 3. The SMILES string of the molecule is Fc1ccc(Cl)cc1Cl.[2H]C(=O)CO.[2H]C(=O)c1c(Cl)ccc(F)c1Cl.[CH2-]CCC.[Li+]. The fraction of sp³-hybridized carbons (Fsp3) is 0.211. The van der Waals surface area contributed by atoms with Gasteiger partial charge in [0.25, 0.3) is 0 Å². The van der Waals surface area contributed by atoms with E-state index in [4.69, 9.17) is 54.3 Å². The Bertz CT molecular complexity index is 829. The standard InChI is InChI=1S/C7H3Cl2FO.C6H3Cl2F.C4H9.C2H4O2.Li/c8-5-1-2-6(10)7(9)4(5)3-11;7-4-1-2-6(9)5(8)3-4;1-3-4-2;3-1-2-4;/h1-3H;1-3H;1,3-4H2,2H3;1,4H,2H2;/q;;-1;;+1/i3D;;;1D;. The molecule has 0 radical (unpaired) electrons. The molecule has 1 N–H and O–H groups in total. The summed E-state index contributed by atoms with van der Waals surface area (Å²) in [5.74, 6) is -1.20. The van der Waals surface area contributed by atoms with E-state index >= 15 is 0 Å². The summed E-state index contributed by atoms with van der Waals surface area (Å²) >= 11 is 21.7. The molecule has 0 spiro atoms. The first-order valence-electron chi connectivity index (χ1n) is 8.57. The molecule has 0 unspecified atom stereocenters. The normalized spacial score (nSPS) is 9.55. The van der Waals surface area contributed by atoms with Crippen LogP contribution in [0.4, 0.5) is 8.78 Å². The smallest absolute Gasteiger partial charge is 0.389 e. The Balaban J connectivity index is -0.000000366. The number of carbonyl (C=O) groups is 2. The summed E-state index contributed by atoms with van der Waals surface area (Å²) in [7, 11) is 0. The van der Waals surface area contributed by atoms with Crippen LogP contribution in [0.5, 0.6) is 0 Å². The third-order valence-corrected chi connectivity index (χ3v) is 3.66. The van der Waals surface area contributed by atoms with Crippen molar-refractivity contribution in [2.45, 2.75) is 19.8 Å². The second kappa shape index (κ2) is 20.6. The molecule has 10 heteroatoms. The number of hydrogen-bond acceptors (Lipinski definition) is 3. The van der Waals surface area contributed by atoms with E-state index in [-0.39, 0.29) is 34.5 Å². The molecule has 0 fully saturated rings. The van der Waals surface area contributed by atoms with Gasteiger partial charge in [-0.2, -0.15) is 6.42 Å². The second-order valence-corrected chi connectivity index (χ2v) is 6.16. The molecule has 2 rings (SSSR count). The molecule has 0 saturated carbocycles. The first-order valence-corrected chi connectivity index (χ1v) is 9.08. The Morgan fingerprint density at radius 2 is 1.55 bits per heavy atom. The Kier molecular flexibility index (Phi) is 20.2. The Hall–Kier alpha value is -0.643. The molecule has 0 bridgehead atoms. The number of hydrogen-bond donors (Lipinski definition) is 1. The molecule has 0 aliphatic heterocycles. The van der Waals surface area contributed by atoms with E-state index < -0.39 is 35.8 Å². The van der Waals surface area contributed by atoms with Gasteiger partial charge in [0.1, 0.15) is 20.6 Å². The van der Waals surface area contributed by atoms with E-state index in [0.29, 0.717) is 5.02 Å². The molecule has 0 heterocycles. The molecule has 0 saturated heterocycles. The zero-order chi connectivity index (χ0) is 23.9. The van der Waals surface area contributed by atoms with E-state index in [1.54, 1.807) is 0 Å². The maximum Gasteiger partial charge on any atom is 1.00 e. The molecule has 2 aromatic carbocycles. The molecule has 2 aromatic rings. The minimum absolute atomic E-state index is 0. The average Bonchev–Trinajstić information content (AvgIpc) is 2.69. The van der Waals surface area contributed by atoms with Crippen LogP contribution in [-0.2, 0) is 4.79 Å². The molecule has 29 heavy (non-hydrogen) atoms. The Labute approximate surface area is 204 Å². The monoisotopic (exact) mass is 482 g/mol. The average molecular weight is 484 g/mol. The second-order valence-electron chi connectivity index (χ2n) is 4.53. The van der Waals surface area contributed by atoms with Crippen molar-refractivity contribution in [2.75, 3.05) is 6.61 Å². The first-order chi connectivity index (χ1) is 13.9. The van der Waals surface area contributed by atoms with Gasteiger partial charge in [-0.1, -0.05) is 59.7 Å². The van der Waals surface area contributed by atoms with Crippen molar-refractivity contribution in [1.82, 2.24) is 0 Å². The molecule has 0 amide bonds. The van der Waals surface area contributed by atoms with Gasteiger partial charge in [-0.25, -0.2) is 8.78 Å². The van der Waals surface area contributed by atoms with E-state index in [0.717, 1.165) is 12.5 Å². The van der Waals surface area contributed by atoms with E-state index in [2.05, 4.69) is 13.8 Å². The van der Waals surface area contributed by atoms with Gasteiger partial charge in [-0.05, 0) is 30.3 Å². The zero-order valence-corrected chi connectivity index (χ0v) is 18.8. The van der Waals surface area contributed by atoms with E-state index in [9.17, 15) is 18.4 Å². The van der Waals surface area contributed by atoms with Crippen LogP contribution in [-0.4, -0.2) is 24.2 Å². The number of halogens is 6. The summed E-state index contributed by atoms with van der Waals surface area (Å²) in [4.78, 5) is 19.8. The molecule has 0 atom stereocenters. The van der Waals surface area contributed by atoms with Crippen LogP contribution < -0.4 is 18.9 Å². The molecule has 0 aromatic heterocycles. The number of aliphatic hydroxyl groups is 1. The maximum atomic E-state index is 12.7. The number of unbranched alkanes of at least 4 members (excludes halogenated alkanes) is 1. The van der Waals surface area contributed by atoms with Gasteiger partial charge in [-0.15, -0.1) is 0 Å². The summed E-state index contributed by atoms with van der Waals surface area (Å²) in [6.07, 6.45) is 0.245. The van der Waals surface area contributed by atoms with Crippen LogP contribution in [0.15, 0.2) is 30.3 Å². The molecule has 3 nitrogen and oxygen atoms in total. The van der Waals surface area contributed by atoms with Crippen molar-refractivity contribution in [3.8, 4) is 0 Å². The topological polar surface area (TPSA) is 54.4 Å². The van der Waals surface area contributed by atoms with Crippen LogP contribution in [0.2, 0.25) is 20.1 Å². The van der Waals surface area contributed by atoms with Crippen LogP contribution in [0.3, 0.4) is 0 Å². The molecule has 0 aliphatic carbocycles. The van der Waals surface area contributed by atoms with Crippen molar-refractivity contribution in [1.29, 1.82) is 0 Å². The summed E-state index contributed by atoms with van der Waals surface area (Å²) in [5.41, 5.74) is -0.293. The fourth-order valence-electron chi connectivity index (χ4n) is 1.09. The van der Waals surface area contributed by atoms with Gasteiger partial charge < -0.3 is 16.8 Å². The van der Waals surface area contributed by atoms with Gasteiger partial charge in [0.15, 0.2) is 6.26 Å². The van der Waals surface area contributed by atoms with Gasteiger partial charge in [0, 0.05) is 5.02 Å². The third-order valence-electron chi connectivity index (χ3n) is 2.45. The fourth-order valence-corrected chi connectivity index (χ4v) is 1.95. The molecule has 156 valence electrons. The van der Waals surface area contributed by atoms with Crippen molar-refractivity contribution in [2.24, 2.45) is 0 Å². The van der Waals surface area contributed by atoms with Crippen LogP contribution in [0, 0.1) is 18.6 Å². The van der Waals surface area contributed by atoms with Gasteiger partial charge in [0.05, 0.1) is 27.2 Å². The predicted octanol–water partition coefficient (Wildman–Crippen LogP) is 3.88. The van der Waals surface area contributed by atoms with Crippen LogP contribution >= 0.6 is 46.4 Å². The van der Waals surface area contributed by atoms with Crippen molar-refractivity contribution >= 4 is 58.9 Å². The minimum Gasteiger partial charge on any atom is -0.389 e. The number of aldehydes is 2. The minimum atomic E-state index is -1.09.